The topological polar surface area (TPSA) is 75.1 Å². The van der Waals surface area contributed by atoms with Crippen molar-refractivity contribution < 1.29 is 14.3 Å². The summed E-state index contributed by atoms with van der Waals surface area (Å²) in [7, 11) is 0. The Bertz CT molecular complexity index is 584. The normalized spacial score (nSPS) is 11.9. The Morgan fingerprint density at radius 1 is 1.25 bits per heavy atom. The highest BCUT2D eigenvalue weighted by molar-refractivity contribution is 5.85. The largest absolute Gasteiger partial charge is 0.476 e. The van der Waals surface area contributed by atoms with Gasteiger partial charge in [-0.2, -0.15) is 0 Å². The van der Waals surface area contributed by atoms with Gasteiger partial charge in [-0.15, -0.1) is 10.2 Å². The maximum absolute atomic E-state index is 12.8. The number of nitrogens with zero attached hydrogens (tertiary/aromatic N) is 2. The molecule has 1 heterocycles. The Kier molecular flexibility index (Phi) is 4.24. The summed E-state index contributed by atoms with van der Waals surface area (Å²) in [4.78, 5) is 10.6. The Morgan fingerprint density at radius 3 is 2.50 bits per heavy atom. The number of hydrogen-bond donors (Lipinski definition) is 2. The number of nitrogens with one attached hydrogen (secondary N) is 1. The zero-order chi connectivity index (χ0) is 14.5. The first-order valence-electron chi connectivity index (χ1n) is 6.12. The van der Waals surface area contributed by atoms with Crippen LogP contribution in [0.3, 0.4) is 0 Å². The van der Waals surface area contributed by atoms with E-state index >= 15 is 0 Å². The number of hydrogen-bond acceptors (Lipinski definition) is 4. The number of aromatic carboxylic acids is 1. The fourth-order valence-electron chi connectivity index (χ4n) is 1.80. The highest BCUT2D eigenvalue weighted by Gasteiger charge is 2.08. The molecule has 2 aromatic rings. The van der Waals surface area contributed by atoms with E-state index in [1.165, 1.54) is 18.2 Å². The average molecular weight is 275 g/mol. The second-order valence-electron chi connectivity index (χ2n) is 4.48. The van der Waals surface area contributed by atoms with Crippen LogP contribution >= 0.6 is 0 Å². The summed E-state index contributed by atoms with van der Waals surface area (Å²) in [5, 5.41) is 19.2. The van der Waals surface area contributed by atoms with Crippen molar-refractivity contribution in [3.05, 3.63) is 53.5 Å². The summed E-state index contributed by atoms with van der Waals surface area (Å²) in [5.41, 5.74) is 0.906. The smallest absolute Gasteiger partial charge is 0.356 e. The first-order chi connectivity index (χ1) is 9.54. The number of halogens is 1. The third kappa shape index (κ3) is 3.74. The summed E-state index contributed by atoms with van der Waals surface area (Å²) < 4.78 is 12.8. The number of carboxylic acid groups (broad SMARTS) is 1. The molecule has 0 aliphatic carbocycles. The van der Waals surface area contributed by atoms with E-state index in [0.717, 1.165) is 5.56 Å². The highest BCUT2D eigenvalue weighted by atomic mass is 19.1. The fourth-order valence-corrected chi connectivity index (χ4v) is 1.80. The number of carboxylic acids is 1. The van der Waals surface area contributed by atoms with E-state index in [0.29, 0.717) is 12.2 Å². The van der Waals surface area contributed by atoms with Gasteiger partial charge in [-0.25, -0.2) is 9.18 Å². The van der Waals surface area contributed by atoms with Crippen LogP contribution in [-0.2, 0) is 6.42 Å². The molecule has 2 N–H and O–H groups in total. The molecule has 0 saturated carbocycles. The van der Waals surface area contributed by atoms with E-state index in [1.54, 1.807) is 18.2 Å². The van der Waals surface area contributed by atoms with Crippen molar-refractivity contribution in [3.63, 3.8) is 0 Å². The lowest BCUT2D eigenvalue weighted by Crippen LogP contribution is -2.19. The molecule has 0 amide bonds. The number of carbonyl (C=O) groups is 1. The first-order valence-corrected chi connectivity index (χ1v) is 6.12. The van der Waals surface area contributed by atoms with Crippen LogP contribution < -0.4 is 5.32 Å². The predicted octanol–water partition coefficient (Wildman–Crippen LogP) is 2.36. The molecular formula is C14H14FN3O2. The second-order valence-corrected chi connectivity index (χ2v) is 4.48. The summed E-state index contributed by atoms with van der Waals surface area (Å²) in [6, 6.07) is 9.32. The van der Waals surface area contributed by atoms with Crippen molar-refractivity contribution in [2.75, 3.05) is 5.32 Å². The molecule has 6 heteroatoms. The summed E-state index contributed by atoms with van der Waals surface area (Å²) in [5.74, 6) is -0.863. The number of aromatic nitrogens is 2. The van der Waals surface area contributed by atoms with Gasteiger partial charge in [0.25, 0.3) is 0 Å². The van der Waals surface area contributed by atoms with E-state index in [4.69, 9.17) is 5.11 Å². The first kappa shape index (κ1) is 13.9. The Balaban J connectivity index is 1.95. The number of rotatable bonds is 5. The van der Waals surface area contributed by atoms with E-state index < -0.39 is 5.97 Å². The minimum absolute atomic E-state index is 0.0606. The molecule has 0 spiro atoms. The van der Waals surface area contributed by atoms with Crippen LogP contribution in [0, 0.1) is 5.82 Å². The van der Waals surface area contributed by atoms with Crippen LogP contribution in [0.15, 0.2) is 36.4 Å². The van der Waals surface area contributed by atoms with Gasteiger partial charge < -0.3 is 10.4 Å². The number of anilines is 1. The Morgan fingerprint density at radius 2 is 1.95 bits per heavy atom. The molecule has 1 aromatic carbocycles. The molecule has 0 radical (unpaired) electrons. The molecule has 104 valence electrons. The van der Waals surface area contributed by atoms with Gasteiger partial charge >= 0.3 is 5.97 Å². The zero-order valence-electron chi connectivity index (χ0n) is 10.9. The SMILES string of the molecule is CC(Cc1ccc(F)cc1)Nc1ccc(C(=O)O)nn1. The molecule has 0 aliphatic rings. The molecule has 1 unspecified atom stereocenters. The van der Waals surface area contributed by atoms with Crippen LogP contribution in [-0.4, -0.2) is 27.3 Å². The standard InChI is InChI=1S/C14H14FN3O2/c1-9(8-10-2-4-11(15)5-3-10)16-13-7-6-12(14(19)20)17-18-13/h2-7,9H,8H2,1H3,(H,16,18)(H,19,20). The lowest BCUT2D eigenvalue weighted by atomic mass is 10.1. The third-order valence-corrected chi connectivity index (χ3v) is 2.73. The molecular weight excluding hydrogens is 261 g/mol. The van der Waals surface area contributed by atoms with Gasteiger partial charge in [0.2, 0.25) is 0 Å². The van der Waals surface area contributed by atoms with Gasteiger partial charge in [-0.3, -0.25) is 0 Å². The lowest BCUT2D eigenvalue weighted by Gasteiger charge is -2.14. The van der Waals surface area contributed by atoms with Crippen LogP contribution in [0.2, 0.25) is 0 Å². The molecule has 2 rings (SSSR count). The fraction of sp³-hybridized carbons (Fsp3) is 0.214. The van der Waals surface area contributed by atoms with E-state index in [9.17, 15) is 9.18 Å². The van der Waals surface area contributed by atoms with Crippen molar-refractivity contribution in [2.45, 2.75) is 19.4 Å². The van der Waals surface area contributed by atoms with Gasteiger partial charge in [0.1, 0.15) is 11.6 Å². The van der Waals surface area contributed by atoms with Gasteiger partial charge in [0.15, 0.2) is 5.69 Å². The van der Waals surface area contributed by atoms with Crippen molar-refractivity contribution in [2.24, 2.45) is 0 Å². The van der Waals surface area contributed by atoms with E-state index in [-0.39, 0.29) is 17.6 Å². The second kappa shape index (κ2) is 6.10. The maximum Gasteiger partial charge on any atom is 0.356 e. The van der Waals surface area contributed by atoms with E-state index in [1.807, 2.05) is 6.92 Å². The molecule has 5 nitrogen and oxygen atoms in total. The van der Waals surface area contributed by atoms with Crippen molar-refractivity contribution in [3.8, 4) is 0 Å². The molecule has 0 bridgehead atoms. The summed E-state index contributed by atoms with van der Waals surface area (Å²) in [6.45, 7) is 1.95. The molecule has 20 heavy (non-hydrogen) atoms. The monoisotopic (exact) mass is 275 g/mol. The highest BCUT2D eigenvalue weighted by Crippen LogP contribution is 2.09. The van der Waals surface area contributed by atoms with Crippen LogP contribution in [0.25, 0.3) is 0 Å². The van der Waals surface area contributed by atoms with Crippen LogP contribution in [0.5, 0.6) is 0 Å². The Hall–Kier alpha value is -2.50. The van der Waals surface area contributed by atoms with Crippen molar-refractivity contribution >= 4 is 11.8 Å². The van der Waals surface area contributed by atoms with Gasteiger partial charge in [0.05, 0.1) is 0 Å². The average Bonchev–Trinajstić information content (AvgIpc) is 2.42. The van der Waals surface area contributed by atoms with Gasteiger partial charge in [-0.05, 0) is 43.2 Å². The minimum Gasteiger partial charge on any atom is -0.476 e. The van der Waals surface area contributed by atoms with Gasteiger partial charge in [-0.1, -0.05) is 12.1 Å². The van der Waals surface area contributed by atoms with Crippen molar-refractivity contribution in [1.82, 2.24) is 10.2 Å². The predicted molar refractivity (Wildman–Crippen MR) is 72.2 cm³/mol. The van der Waals surface area contributed by atoms with Crippen LogP contribution in [0.4, 0.5) is 10.2 Å². The number of benzene rings is 1. The molecule has 0 aliphatic heterocycles. The summed E-state index contributed by atoms with van der Waals surface area (Å²) >= 11 is 0. The molecule has 0 saturated heterocycles. The van der Waals surface area contributed by atoms with Gasteiger partial charge in [0, 0.05) is 6.04 Å². The molecule has 1 atom stereocenters. The maximum atomic E-state index is 12.8. The Labute approximate surface area is 115 Å². The molecule has 0 fully saturated rings. The quantitative estimate of drug-likeness (QED) is 0.876. The van der Waals surface area contributed by atoms with Crippen molar-refractivity contribution in [1.29, 1.82) is 0 Å². The summed E-state index contributed by atoms with van der Waals surface area (Å²) in [6.07, 6.45) is 0.697. The van der Waals surface area contributed by atoms with Crippen LogP contribution in [0.1, 0.15) is 23.0 Å². The lowest BCUT2D eigenvalue weighted by molar-refractivity contribution is 0.0689. The zero-order valence-corrected chi connectivity index (χ0v) is 10.9. The third-order valence-electron chi connectivity index (χ3n) is 2.73. The minimum atomic E-state index is -1.11. The molecule has 1 aromatic heterocycles. The van der Waals surface area contributed by atoms with E-state index in [2.05, 4.69) is 15.5 Å².